The van der Waals surface area contributed by atoms with E-state index in [1.54, 1.807) is 16.9 Å². The van der Waals surface area contributed by atoms with E-state index in [1.165, 1.54) is 25.8 Å². The second-order valence-corrected chi connectivity index (χ2v) is 7.02. The van der Waals surface area contributed by atoms with Gasteiger partial charge in [-0.15, -0.1) is 0 Å². The highest BCUT2D eigenvalue weighted by molar-refractivity contribution is 5.93. The molecule has 116 valence electrons. The standard InChI is InChI=1S/C16H26N4O/c1-13(2)19-9-5-4-7-16(10-19)11-20(12-16)15(21)14-6-8-17-18(14)3/h6,8,13H,4-5,7,9-12H2,1-3H3. The van der Waals surface area contributed by atoms with E-state index in [0.717, 1.165) is 19.6 Å². The number of hydrogen-bond acceptors (Lipinski definition) is 3. The number of aryl methyl sites for hydroxylation is 1. The van der Waals surface area contributed by atoms with Gasteiger partial charge in [0.1, 0.15) is 5.69 Å². The Hall–Kier alpha value is -1.36. The molecule has 5 heteroatoms. The van der Waals surface area contributed by atoms with Gasteiger partial charge in [-0.3, -0.25) is 9.48 Å². The predicted molar refractivity (Wildman–Crippen MR) is 82.1 cm³/mol. The van der Waals surface area contributed by atoms with Crippen molar-refractivity contribution in [1.29, 1.82) is 0 Å². The average Bonchev–Trinajstić information content (AvgIpc) is 2.71. The molecule has 1 aromatic heterocycles. The van der Waals surface area contributed by atoms with Gasteiger partial charge >= 0.3 is 0 Å². The zero-order chi connectivity index (χ0) is 15.0. The minimum atomic E-state index is 0.126. The van der Waals surface area contributed by atoms with Crippen LogP contribution in [0.1, 0.15) is 43.6 Å². The van der Waals surface area contributed by atoms with Gasteiger partial charge in [-0.05, 0) is 39.3 Å². The molecule has 0 saturated carbocycles. The lowest BCUT2D eigenvalue weighted by atomic mass is 9.75. The molecule has 1 amide bonds. The summed E-state index contributed by atoms with van der Waals surface area (Å²) >= 11 is 0. The van der Waals surface area contributed by atoms with E-state index in [1.807, 2.05) is 11.9 Å². The van der Waals surface area contributed by atoms with Crippen molar-refractivity contribution in [3.05, 3.63) is 18.0 Å². The molecule has 2 saturated heterocycles. The highest BCUT2D eigenvalue weighted by atomic mass is 16.2. The first kappa shape index (κ1) is 14.6. The van der Waals surface area contributed by atoms with Crippen molar-refractivity contribution in [1.82, 2.24) is 19.6 Å². The summed E-state index contributed by atoms with van der Waals surface area (Å²) in [5, 5.41) is 4.09. The number of likely N-dealkylation sites (tertiary alicyclic amines) is 2. The zero-order valence-corrected chi connectivity index (χ0v) is 13.4. The second kappa shape index (κ2) is 5.44. The van der Waals surface area contributed by atoms with Crippen molar-refractivity contribution in [2.75, 3.05) is 26.2 Å². The number of nitrogens with zero attached hydrogens (tertiary/aromatic N) is 4. The van der Waals surface area contributed by atoms with Gasteiger partial charge in [0.25, 0.3) is 5.91 Å². The molecular weight excluding hydrogens is 264 g/mol. The first-order valence-electron chi connectivity index (χ1n) is 8.02. The Balaban J connectivity index is 1.66. The Bertz CT molecular complexity index is 516. The monoisotopic (exact) mass is 290 g/mol. The molecule has 1 aromatic rings. The van der Waals surface area contributed by atoms with Gasteiger partial charge in [0, 0.05) is 44.3 Å². The molecule has 21 heavy (non-hydrogen) atoms. The lowest BCUT2D eigenvalue weighted by Crippen LogP contribution is -2.62. The zero-order valence-electron chi connectivity index (χ0n) is 13.4. The molecule has 0 unspecified atom stereocenters. The van der Waals surface area contributed by atoms with Crippen molar-refractivity contribution in [2.45, 2.75) is 39.2 Å². The topological polar surface area (TPSA) is 41.4 Å². The van der Waals surface area contributed by atoms with Crippen LogP contribution in [0.5, 0.6) is 0 Å². The molecule has 2 aliphatic heterocycles. The minimum Gasteiger partial charge on any atom is -0.336 e. The smallest absolute Gasteiger partial charge is 0.272 e. The van der Waals surface area contributed by atoms with E-state index in [0.29, 0.717) is 17.2 Å². The van der Waals surface area contributed by atoms with Gasteiger partial charge < -0.3 is 9.80 Å². The molecule has 0 bridgehead atoms. The van der Waals surface area contributed by atoms with Crippen LogP contribution in [0.3, 0.4) is 0 Å². The largest absolute Gasteiger partial charge is 0.336 e. The summed E-state index contributed by atoms with van der Waals surface area (Å²) in [7, 11) is 1.83. The van der Waals surface area contributed by atoms with Crippen LogP contribution in [-0.4, -0.2) is 57.7 Å². The highest BCUT2D eigenvalue weighted by Gasteiger charge is 2.47. The molecule has 0 aromatic carbocycles. The van der Waals surface area contributed by atoms with Crippen LogP contribution in [0.15, 0.2) is 12.3 Å². The number of aromatic nitrogens is 2. The maximum absolute atomic E-state index is 12.5. The second-order valence-electron chi connectivity index (χ2n) is 7.02. The number of hydrogen-bond donors (Lipinski definition) is 0. The summed E-state index contributed by atoms with van der Waals surface area (Å²) in [5.74, 6) is 0.126. The molecule has 3 rings (SSSR count). The van der Waals surface area contributed by atoms with Crippen molar-refractivity contribution < 1.29 is 4.79 Å². The van der Waals surface area contributed by atoms with Crippen molar-refractivity contribution in [2.24, 2.45) is 12.5 Å². The molecule has 0 aliphatic carbocycles. The third-order valence-corrected chi connectivity index (χ3v) is 5.05. The van der Waals surface area contributed by atoms with Gasteiger partial charge in [-0.1, -0.05) is 6.42 Å². The van der Waals surface area contributed by atoms with Gasteiger partial charge in [0.05, 0.1) is 0 Å². The van der Waals surface area contributed by atoms with E-state index in [9.17, 15) is 4.79 Å². The SMILES string of the molecule is CC(C)N1CCCCC2(CN(C(=O)c3ccnn3C)C2)C1. The number of rotatable bonds is 2. The quantitative estimate of drug-likeness (QED) is 0.833. The molecule has 5 nitrogen and oxygen atoms in total. The molecule has 0 atom stereocenters. The fraction of sp³-hybridized carbons (Fsp3) is 0.750. The van der Waals surface area contributed by atoms with Gasteiger partial charge in [-0.25, -0.2) is 0 Å². The van der Waals surface area contributed by atoms with Crippen LogP contribution in [0.2, 0.25) is 0 Å². The third kappa shape index (κ3) is 2.71. The van der Waals surface area contributed by atoms with Crippen LogP contribution < -0.4 is 0 Å². The lowest BCUT2D eigenvalue weighted by Gasteiger charge is -2.51. The highest BCUT2D eigenvalue weighted by Crippen LogP contribution is 2.39. The van der Waals surface area contributed by atoms with E-state index < -0.39 is 0 Å². The summed E-state index contributed by atoms with van der Waals surface area (Å²) in [6.45, 7) is 8.70. The summed E-state index contributed by atoms with van der Waals surface area (Å²) in [4.78, 5) is 17.1. The van der Waals surface area contributed by atoms with Crippen molar-refractivity contribution >= 4 is 5.91 Å². The molecule has 1 spiro atoms. The first-order valence-corrected chi connectivity index (χ1v) is 8.02. The van der Waals surface area contributed by atoms with E-state index >= 15 is 0 Å². The Labute approximate surface area is 126 Å². The van der Waals surface area contributed by atoms with Crippen LogP contribution in [0.4, 0.5) is 0 Å². The van der Waals surface area contributed by atoms with E-state index in [-0.39, 0.29) is 5.91 Å². The molecular formula is C16H26N4O. The Morgan fingerprint density at radius 1 is 1.29 bits per heavy atom. The minimum absolute atomic E-state index is 0.126. The molecule has 2 aliphatic rings. The molecule has 3 heterocycles. The fourth-order valence-electron chi connectivity index (χ4n) is 3.76. The van der Waals surface area contributed by atoms with Gasteiger partial charge in [0.2, 0.25) is 0 Å². The summed E-state index contributed by atoms with van der Waals surface area (Å²) in [6.07, 6.45) is 5.52. The number of carbonyl (C=O) groups excluding carboxylic acids is 1. The van der Waals surface area contributed by atoms with Gasteiger partial charge in [0.15, 0.2) is 0 Å². The van der Waals surface area contributed by atoms with E-state index in [4.69, 9.17) is 0 Å². The Morgan fingerprint density at radius 3 is 2.67 bits per heavy atom. The third-order valence-electron chi connectivity index (χ3n) is 5.05. The molecule has 2 fully saturated rings. The molecule has 0 radical (unpaired) electrons. The first-order chi connectivity index (χ1) is 10.0. The normalized spacial score (nSPS) is 22.4. The Kier molecular flexibility index (Phi) is 3.78. The number of carbonyl (C=O) groups is 1. The summed E-state index contributed by atoms with van der Waals surface area (Å²) in [5.41, 5.74) is 1.02. The van der Waals surface area contributed by atoms with Gasteiger partial charge in [-0.2, -0.15) is 5.10 Å². The Morgan fingerprint density at radius 2 is 2.05 bits per heavy atom. The molecule has 0 N–H and O–H groups in total. The van der Waals surface area contributed by atoms with Crippen molar-refractivity contribution in [3.8, 4) is 0 Å². The summed E-state index contributed by atoms with van der Waals surface area (Å²) < 4.78 is 1.67. The average molecular weight is 290 g/mol. The van der Waals surface area contributed by atoms with Crippen LogP contribution in [0.25, 0.3) is 0 Å². The van der Waals surface area contributed by atoms with Crippen LogP contribution in [-0.2, 0) is 7.05 Å². The maximum Gasteiger partial charge on any atom is 0.272 e. The summed E-state index contributed by atoms with van der Waals surface area (Å²) in [6, 6.07) is 2.41. The predicted octanol–water partition coefficient (Wildman–Crippen LogP) is 1.76. The van der Waals surface area contributed by atoms with E-state index in [2.05, 4.69) is 23.8 Å². The lowest BCUT2D eigenvalue weighted by molar-refractivity contribution is -0.0181. The maximum atomic E-state index is 12.5. The van der Waals surface area contributed by atoms with Crippen LogP contribution >= 0.6 is 0 Å². The number of amides is 1. The fourth-order valence-corrected chi connectivity index (χ4v) is 3.76. The van der Waals surface area contributed by atoms with Crippen molar-refractivity contribution in [3.63, 3.8) is 0 Å². The van der Waals surface area contributed by atoms with Crippen LogP contribution in [0, 0.1) is 5.41 Å².